The zero-order valence-electron chi connectivity index (χ0n) is 12.3. The van der Waals surface area contributed by atoms with Gasteiger partial charge in [-0.3, -0.25) is 4.79 Å². The first-order valence-electron chi connectivity index (χ1n) is 6.93. The van der Waals surface area contributed by atoms with Crippen molar-refractivity contribution < 1.29 is 14.7 Å². The maximum Gasteiger partial charge on any atom is 0.323 e. The summed E-state index contributed by atoms with van der Waals surface area (Å²) in [5, 5.41) is 11.7. The standard InChI is InChI=1S/C17H18N2O3/c1-13-6-5-9-15(10-13)18-17(22)19(12-16(20)21)11-14-7-3-2-4-8-14/h2-10H,11-12H2,1H3,(H,18,22)(H,20,21). The molecular weight excluding hydrogens is 280 g/mol. The molecule has 0 aliphatic heterocycles. The number of carboxylic acid groups (broad SMARTS) is 1. The summed E-state index contributed by atoms with van der Waals surface area (Å²) in [6.45, 7) is 1.81. The highest BCUT2D eigenvalue weighted by atomic mass is 16.4. The third-order valence-electron chi connectivity index (χ3n) is 3.10. The molecule has 0 radical (unpaired) electrons. The van der Waals surface area contributed by atoms with E-state index in [1.807, 2.05) is 55.5 Å². The first kappa shape index (κ1) is 15.6. The van der Waals surface area contributed by atoms with E-state index in [9.17, 15) is 9.59 Å². The number of rotatable bonds is 5. The van der Waals surface area contributed by atoms with Gasteiger partial charge in [0.25, 0.3) is 0 Å². The van der Waals surface area contributed by atoms with Crippen LogP contribution in [0.15, 0.2) is 54.6 Å². The Morgan fingerprint density at radius 3 is 2.45 bits per heavy atom. The lowest BCUT2D eigenvalue weighted by Gasteiger charge is -2.21. The van der Waals surface area contributed by atoms with Crippen molar-refractivity contribution in [2.24, 2.45) is 0 Å². The van der Waals surface area contributed by atoms with Crippen LogP contribution in [0.2, 0.25) is 0 Å². The third-order valence-corrected chi connectivity index (χ3v) is 3.10. The van der Waals surface area contributed by atoms with Gasteiger partial charge in [-0.25, -0.2) is 4.79 Å². The van der Waals surface area contributed by atoms with E-state index in [0.29, 0.717) is 5.69 Å². The molecule has 114 valence electrons. The minimum absolute atomic E-state index is 0.241. The van der Waals surface area contributed by atoms with Crippen molar-refractivity contribution in [3.63, 3.8) is 0 Å². The fraction of sp³-hybridized carbons (Fsp3) is 0.176. The first-order valence-corrected chi connectivity index (χ1v) is 6.93. The van der Waals surface area contributed by atoms with Crippen molar-refractivity contribution in [2.45, 2.75) is 13.5 Å². The van der Waals surface area contributed by atoms with Gasteiger partial charge in [-0.15, -0.1) is 0 Å². The maximum absolute atomic E-state index is 12.3. The van der Waals surface area contributed by atoms with Crippen LogP contribution >= 0.6 is 0 Å². The number of carbonyl (C=O) groups excluding carboxylic acids is 1. The minimum atomic E-state index is -1.05. The van der Waals surface area contributed by atoms with Gasteiger partial charge < -0.3 is 15.3 Å². The normalized spacial score (nSPS) is 10.0. The van der Waals surface area contributed by atoms with Gasteiger partial charge in [-0.2, -0.15) is 0 Å². The second-order valence-corrected chi connectivity index (χ2v) is 5.04. The predicted octanol–water partition coefficient (Wildman–Crippen LogP) is 3.11. The van der Waals surface area contributed by atoms with E-state index >= 15 is 0 Å². The number of aliphatic carboxylic acids is 1. The summed E-state index contributed by atoms with van der Waals surface area (Å²) >= 11 is 0. The lowest BCUT2D eigenvalue weighted by molar-refractivity contribution is -0.137. The smallest absolute Gasteiger partial charge is 0.323 e. The van der Waals surface area contributed by atoms with Crippen LogP contribution in [0.1, 0.15) is 11.1 Å². The summed E-state index contributed by atoms with van der Waals surface area (Å²) in [6.07, 6.45) is 0. The highest BCUT2D eigenvalue weighted by Crippen LogP contribution is 2.12. The first-order chi connectivity index (χ1) is 10.5. The number of hydrogen-bond acceptors (Lipinski definition) is 2. The molecule has 0 aromatic heterocycles. The second-order valence-electron chi connectivity index (χ2n) is 5.04. The fourth-order valence-corrected chi connectivity index (χ4v) is 2.09. The zero-order valence-corrected chi connectivity index (χ0v) is 12.3. The molecule has 0 spiro atoms. The number of carbonyl (C=O) groups is 2. The monoisotopic (exact) mass is 298 g/mol. The topological polar surface area (TPSA) is 69.6 Å². The Labute approximate surface area is 129 Å². The van der Waals surface area contributed by atoms with E-state index in [1.165, 1.54) is 4.90 Å². The molecule has 0 saturated carbocycles. The number of nitrogens with one attached hydrogen (secondary N) is 1. The summed E-state index contributed by atoms with van der Waals surface area (Å²) in [5.41, 5.74) is 2.54. The Kier molecular flexibility index (Phi) is 5.14. The Bertz CT molecular complexity index is 656. The largest absolute Gasteiger partial charge is 0.480 e. The highest BCUT2D eigenvalue weighted by molar-refractivity contribution is 5.91. The molecular formula is C17H18N2O3. The van der Waals surface area contributed by atoms with E-state index in [4.69, 9.17) is 5.11 Å². The Morgan fingerprint density at radius 2 is 1.82 bits per heavy atom. The van der Waals surface area contributed by atoms with Crippen molar-refractivity contribution in [1.29, 1.82) is 0 Å². The average molecular weight is 298 g/mol. The van der Waals surface area contributed by atoms with Gasteiger partial charge >= 0.3 is 12.0 Å². The van der Waals surface area contributed by atoms with Crippen molar-refractivity contribution >= 4 is 17.7 Å². The van der Waals surface area contributed by atoms with E-state index in [2.05, 4.69) is 5.32 Å². The summed E-state index contributed by atoms with van der Waals surface area (Å²) in [6, 6.07) is 16.2. The van der Waals surface area contributed by atoms with Gasteiger partial charge in [-0.1, -0.05) is 42.5 Å². The molecule has 0 fully saturated rings. The van der Waals surface area contributed by atoms with Gasteiger partial charge in [0.15, 0.2) is 0 Å². The number of aryl methyl sites for hydroxylation is 1. The van der Waals surface area contributed by atoms with Crippen LogP contribution in [-0.2, 0) is 11.3 Å². The Hall–Kier alpha value is -2.82. The molecule has 0 atom stereocenters. The summed E-state index contributed by atoms with van der Waals surface area (Å²) < 4.78 is 0. The minimum Gasteiger partial charge on any atom is -0.480 e. The average Bonchev–Trinajstić information content (AvgIpc) is 2.47. The molecule has 22 heavy (non-hydrogen) atoms. The Balaban J connectivity index is 2.10. The molecule has 5 nitrogen and oxygen atoms in total. The molecule has 0 aliphatic carbocycles. The number of anilines is 1. The van der Waals surface area contributed by atoms with Crippen LogP contribution in [0.25, 0.3) is 0 Å². The van der Waals surface area contributed by atoms with Crippen LogP contribution in [0.4, 0.5) is 10.5 Å². The van der Waals surface area contributed by atoms with E-state index in [1.54, 1.807) is 6.07 Å². The lowest BCUT2D eigenvalue weighted by Crippen LogP contribution is -2.38. The molecule has 0 heterocycles. The predicted molar refractivity (Wildman–Crippen MR) is 84.7 cm³/mol. The van der Waals surface area contributed by atoms with Gasteiger partial charge in [0.1, 0.15) is 6.54 Å². The van der Waals surface area contributed by atoms with E-state index in [0.717, 1.165) is 11.1 Å². The summed E-state index contributed by atoms with van der Waals surface area (Å²) in [7, 11) is 0. The van der Waals surface area contributed by atoms with Gasteiger partial charge in [0.05, 0.1) is 0 Å². The van der Waals surface area contributed by atoms with Crippen molar-refractivity contribution in [2.75, 3.05) is 11.9 Å². The van der Waals surface area contributed by atoms with Crippen molar-refractivity contribution in [3.05, 3.63) is 65.7 Å². The molecule has 0 aliphatic rings. The molecule has 0 bridgehead atoms. The Morgan fingerprint density at radius 1 is 1.09 bits per heavy atom. The lowest BCUT2D eigenvalue weighted by atomic mass is 10.2. The number of hydrogen-bond donors (Lipinski definition) is 2. The van der Waals surface area contributed by atoms with Crippen LogP contribution in [0.3, 0.4) is 0 Å². The number of amides is 2. The van der Waals surface area contributed by atoms with Crippen LogP contribution in [0.5, 0.6) is 0 Å². The number of urea groups is 1. The van der Waals surface area contributed by atoms with E-state index < -0.39 is 12.0 Å². The second kappa shape index (κ2) is 7.26. The molecule has 2 aromatic carbocycles. The van der Waals surface area contributed by atoms with Crippen molar-refractivity contribution in [1.82, 2.24) is 4.90 Å². The number of carboxylic acids is 1. The van der Waals surface area contributed by atoms with Gasteiger partial charge in [-0.05, 0) is 30.2 Å². The SMILES string of the molecule is Cc1cccc(NC(=O)N(CC(=O)O)Cc2ccccc2)c1. The number of nitrogens with zero attached hydrogens (tertiary/aromatic N) is 1. The molecule has 2 N–H and O–H groups in total. The molecule has 2 rings (SSSR count). The fourth-order valence-electron chi connectivity index (χ4n) is 2.09. The quantitative estimate of drug-likeness (QED) is 0.891. The van der Waals surface area contributed by atoms with Crippen molar-refractivity contribution in [3.8, 4) is 0 Å². The van der Waals surface area contributed by atoms with Gasteiger partial charge in [0, 0.05) is 12.2 Å². The van der Waals surface area contributed by atoms with Crippen LogP contribution in [-0.4, -0.2) is 28.6 Å². The zero-order chi connectivity index (χ0) is 15.9. The molecule has 2 amide bonds. The van der Waals surface area contributed by atoms with E-state index in [-0.39, 0.29) is 13.1 Å². The maximum atomic E-state index is 12.3. The van der Waals surface area contributed by atoms with Crippen LogP contribution < -0.4 is 5.32 Å². The van der Waals surface area contributed by atoms with Crippen LogP contribution in [0, 0.1) is 6.92 Å². The molecule has 0 unspecified atom stereocenters. The third kappa shape index (κ3) is 4.63. The molecule has 5 heteroatoms. The number of benzene rings is 2. The summed E-state index contributed by atoms with van der Waals surface area (Å²) in [5.74, 6) is -1.05. The van der Waals surface area contributed by atoms with Gasteiger partial charge in [0.2, 0.25) is 0 Å². The highest BCUT2D eigenvalue weighted by Gasteiger charge is 2.17. The summed E-state index contributed by atoms with van der Waals surface area (Å²) in [4.78, 5) is 24.6. The molecule has 0 saturated heterocycles. The molecule has 2 aromatic rings.